The molecule has 0 radical (unpaired) electrons. The number of benzene rings is 1. The van der Waals surface area contributed by atoms with Crippen LogP contribution in [0.5, 0.6) is 0 Å². The van der Waals surface area contributed by atoms with Crippen molar-refractivity contribution in [1.29, 1.82) is 5.26 Å². The first-order chi connectivity index (χ1) is 7.54. The molecule has 1 unspecified atom stereocenters. The number of anilines is 1. The lowest BCUT2D eigenvalue weighted by atomic mass is 9.97. The van der Waals surface area contributed by atoms with Gasteiger partial charge in [-0.15, -0.1) is 0 Å². The van der Waals surface area contributed by atoms with Gasteiger partial charge in [-0.25, -0.2) is 0 Å². The van der Waals surface area contributed by atoms with Crippen LogP contribution in [0.2, 0.25) is 0 Å². The van der Waals surface area contributed by atoms with Crippen LogP contribution in [0, 0.1) is 23.2 Å². The van der Waals surface area contributed by atoms with Gasteiger partial charge in [-0.05, 0) is 24.1 Å². The highest BCUT2D eigenvalue weighted by atomic mass is 79.9. The van der Waals surface area contributed by atoms with Gasteiger partial charge in [-0.3, -0.25) is 0 Å². The summed E-state index contributed by atoms with van der Waals surface area (Å²) in [7, 11) is 2.02. The molecule has 0 aliphatic carbocycles. The fourth-order valence-corrected chi connectivity index (χ4v) is 1.90. The van der Waals surface area contributed by atoms with Crippen LogP contribution in [0.1, 0.15) is 13.8 Å². The summed E-state index contributed by atoms with van der Waals surface area (Å²) in [5.41, 5.74) is 1.13. The van der Waals surface area contributed by atoms with E-state index in [1.165, 1.54) is 0 Å². The minimum atomic E-state index is 0.0731. The van der Waals surface area contributed by atoms with Crippen molar-refractivity contribution >= 4 is 21.6 Å². The summed E-state index contributed by atoms with van der Waals surface area (Å²) in [5.74, 6) is 0.462. The third-order valence-corrected chi connectivity index (χ3v) is 3.18. The van der Waals surface area contributed by atoms with Crippen molar-refractivity contribution in [2.24, 2.45) is 11.8 Å². The van der Waals surface area contributed by atoms with E-state index >= 15 is 0 Å². The van der Waals surface area contributed by atoms with E-state index in [1.54, 1.807) is 0 Å². The number of rotatable bonds is 4. The van der Waals surface area contributed by atoms with Crippen LogP contribution in [0.3, 0.4) is 0 Å². The van der Waals surface area contributed by atoms with Gasteiger partial charge in [0, 0.05) is 23.8 Å². The number of nitriles is 1. The summed E-state index contributed by atoms with van der Waals surface area (Å²) >= 11 is 3.45. The van der Waals surface area contributed by atoms with Gasteiger partial charge in [0.2, 0.25) is 0 Å². The summed E-state index contributed by atoms with van der Waals surface area (Å²) in [4.78, 5) is 2.12. The summed E-state index contributed by atoms with van der Waals surface area (Å²) in [6, 6.07) is 10.5. The van der Waals surface area contributed by atoms with E-state index in [0.717, 1.165) is 16.7 Å². The van der Waals surface area contributed by atoms with Gasteiger partial charge in [0.15, 0.2) is 0 Å². The molecule has 0 aromatic heterocycles. The van der Waals surface area contributed by atoms with Gasteiger partial charge >= 0.3 is 0 Å². The Balaban J connectivity index is 2.72. The normalized spacial score (nSPS) is 12.2. The Kier molecular flexibility index (Phi) is 4.82. The van der Waals surface area contributed by atoms with E-state index in [9.17, 15) is 0 Å². The fourth-order valence-electron chi connectivity index (χ4n) is 1.51. The summed E-state index contributed by atoms with van der Waals surface area (Å²) in [6.45, 7) is 4.94. The molecule has 0 saturated carbocycles. The number of hydrogen-bond acceptors (Lipinski definition) is 2. The van der Waals surface area contributed by atoms with Crippen LogP contribution < -0.4 is 4.90 Å². The molecule has 3 heteroatoms. The molecule has 0 aliphatic heterocycles. The molecule has 2 nitrogen and oxygen atoms in total. The SMILES string of the molecule is CC(C)C(C#N)CN(C)c1cccc(Br)c1. The lowest BCUT2D eigenvalue weighted by molar-refractivity contribution is 0.477. The largest absolute Gasteiger partial charge is 0.373 e. The maximum atomic E-state index is 9.06. The Morgan fingerprint density at radius 1 is 1.44 bits per heavy atom. The Morgan fingerprint density at radius 3 is 2.62 bits per heavy atom. The smallest absolute Gasteiger partial charge is 0.0677 e. The molecule has 1 atom stereocenters. The van der Waals surface area contributed by atoms with Gasteiger partial charge in [-0.1, -0.05) is 35.8 Å². The molecule has 86 valence electrons. The highest BCUT2D eigenvalue weighted by molar-refractivity contribution is 9.10. The quantitative estimate of drug-likeness (QED) is 0.841. The molecule has 1 rings (SSSR count). The van der Waals surface area contributed by atoms with Crippen LogP contribution in [-0.4, -0.2) is 13.6 Å². The molecule has 1 aromatic rings. The first-order valence-corrected chi connectivity index (χ1v) is 6.20. The molecular weight excluding hydrogens is 264 g/mol. The number of halogens is 1. The first kappa shape index (κ1) is 13.1. The fraction of sp³-hybridized carbons (Fsp3) is 0.462. The van der Waals surface area contributed by atoms with Crippen molar-refractivity contribution in [2.75, 3.05) is 18.5 Å². The van der Waals surface area contributed by atoms with Crippen molar-refractivity contribution in [3.05, 3.63) is 28.7 Å². The van der Waals surface area contributed by atoms with Gasteiger partial charge < -0.3 is 4.90 Å². The Labute approximate surface area is 106 Å². The second kappa shape index (κ2) is 5.91. The minimum Gasteiger partial charge on any atom is -0.373 e. The summed E-state index contributed by atoms with van der Waals surface area (Å²) < 4.78 is 1.06. The number of nitrogens with zero attached hydrogens (tertiary/aromatic N) is 2. The van der Waals surface area contributed by atoms with Crippen LogP contribution in [0.4, 0.5) is 5.69 Å². The maximum Gasteiger partial charge on any atom is 0.0677 e. The lowest BCUT2D eigenvalue weighted by Gasteiger charge is -2.24. The van der Waals surface area contributed by atoms with E-state index in [2.05, 4.69) is 52.9 Å². The van der Waals surface area contributed by atoms with E-state index in [1.807, 2.05) is 19.2 Å². The monoisotopic (exact) mass is 280 g/mol. The third-order valence-electron chi connectivity index (χ3n) is 2.69. The molecule has 16 heavy (non-hydrogen) atoms. The molecule has 0 spiro atoms. The zero-order chi connectivity index (χ0) is 12.1. The number of hydrogen-bond donors (Lipinski definition) is 0. The third kappa shape index (κ3) is 3.53. The standard InChI is InChI=1S/C13H17BrN2/c1-10(2)11(8-15)9-16(3)13-6-4-5-12(14)7-13/h4-7,10-11H,9H2,1-3H3. The summed E-state index contributed by atoms with van der Waals surface area (Å²) in [5, 5.41) is 9.06. The van der Waals surface area contributed by atoms with E-state index in [0.29, 0.717) is 5.92 Å². The Morgan fingerprint density at radius 2 is 2.12 bits per heavy atom. The molecule has 1 aromatic carbocycles. The van der Waals surface area contributed by atoms with Gasteiger partial charge in [-0.2, -0.15) is 5.26 Å². The van der Waals surface area contributed by atoms with E-state index in [-0.39, 0.29) is 5.92 Å². The average molecular weight is 281 g/mol. The molecule has 0 aliphatic rings. The Hall–Kier alpha value is -1.01. The average Bonchev–Trinajstić information content (AvgIpc) is 2.25. The highest BCUT2D eigenvalue weighted by Crippen LogP contribution is 2.21. The van der Waals surface area contributed by atoms with E-state index in [4.69, 9.17) is 5.26 Å². The topological polar surface area (TPSA) is 27.0 Å². The maximum absolute atomic E-state index is 9.06. The van der Waals surface area contributed by atoms with Crippen LogP contribution in [0.15, 0.2) is 28.7 Å². The molecule has 0 bridgehead atoms. The van der Waals surface area contributed by atoms with Gasteiger partial charge in [0.25, 0.3) is 0 Å². The van der Waals surface area contributed by atoms with Gasteiger partial charge in [0.1, 0.15) is 0 Å². The molecule has 0 fully saturated rings. The van der Waals surface area contributed by atoms with Crippen LogP contribution in [-0.2, 0) is 0 Å². The van der Waals surface area contributed by atoms with Crippen molar-refractivity contribution in [1.82, 2.24) is 0 Å². The second-order valence-corrected chi connectivity index (χ2v) is 5.26. The predicted octanol–water partition coefficient (Wildman–Crippen LogP) is 3.68. The summed E-state index contributed by atoms with van der Waals surface area (Å²) in [6.07, 6.45) is 0. The van der Waals surface area contributed by atoms with Crippen LogP contribution in [0.25, 0.3) is 0 Å². The van der Waals surface area contributed by atoms with Gasteiger partial charge in [0.05, 0.1) is 12.0 Å². The minimum absolute atomic E-state index is 0.0731. The molecule has 0 saturated heterocycles. The van der Waals surface area contributed by atoms with E-state index < -0.39 is 0 Å². The first-order valence-electron chi connectivity index (χ1n) is 5.41. The van der Waals surface area contributed by atoms with Crippen molar-refractivity contribution in [3.63, 3.8) is 0 Å². The molecule has 0 amide bonds. The highest BCUT2D eigenvalue weighted by Gasteiger charge is 2.15. The Bertz CT molecular complexity index is 382. The zero-order valence-electron chi connectivity index (χ0n) is 9.94. The zero-order valence-corrected chi connectivity index (χ0v) is 11.5. The van der Waals surface area contributed by atoms with Crippen molar-refractivity contribution in [3.8, 4) is 6.07 Å². The van der Waals surface area contributed by atoms with Crippen LogP contribution >= 0.6 is 15.9 Å². The molecular formula is C13H17BrN2. The predicted molar refractivity (Wildman–Crippen MR) is 71.4 cm³/mol. The molecule has 0 heterocycles. The van der Waals surface area contributed by atoms with Crippen molar-refractivity contribution < 1.29 is 0 Å². The van der Waals surface area contributed by atoms with Crippen molar-refractivity contribution in [2.45, 2.75) is 13.8 Å². The second-order valence-electron chi connectivity index (χ2n) is 4.34. The lowest BCUT2D eigenvalue weighted by Crippen LogP contribution is -2.27. The molecule has 0 N–H and O–H groups in total.